The Labute approximate surface area is 249 Å². The van der Waals surface area contributed by atoms with Crippen molar-refractivity contribution in [2.75, 3.05) is 10.2 Å². The van der Waals surface area contributed by atoms with Crippen LogP contribution in [0.15, 0.2) is 106 Å². The second-order valence-electron chi connectivity index (χ2n) is 8.85. The van der Waals surface area contributed by atoms with Crippen LogP contribution in [0.4, 0.5) is 11.4 Å². The lowest BCUT2D eigenvalue weighted by atomic mass is 10.2. The van der Waals surface area contributed by atoms with Crippen LogP contribution in [-0.4, -0.2) is 28.9 Å². The number of amides is 4. The van der Waals surface area contributed by atoms with Gasteiger partial charge in [0.2, 0.25) is 11.8 Å². The smallest absolute Gasteiger partial charge is 0.272 e. The van der Waals surface area contributed by atoms with Crippen molar-refractivity contribution in [3.8, 4) is 0 Å². The molecule has 0 spiro atoms. The van der Waals surface area contributed by atoms with Gasteiger partial charge in [-0.3, -0.25) is 19.2 Å². The molecule has 1 aromatic heterocycles. The summed E-state index contributed by atoms with van der Waals surface area (Å²) in [5.41, 5.74) is 1.14. The van der Waals surface area contributed by atoms with Gasteiger partial charge in [-0.05, 0) is 60.7 Å². The number of nitrogens with one attached hydrogen (secondary N) is 2. The minimum atomic E-state index is -0.664. The van der Waals surface area contributed by atoms with E-state index in [-0.39, 0.29) is 29.0 Å². The lowest BCUT2D eigenvalue weighted by molar-refractivity contribution is -0.121. The molecule has 1 fully saturated rings. The quantitative estimate of drug-likeness (QED) is 0.177. The van der Waals surface area contributed by atoms with Gasteiger partial charge in [0.15, 0.2) is 0 Å². The molecular weight excluding hydrogens is 585 g/mol. The van der Waals surface area contributed by atoms with E-state index in [4.69, 9.17) is 27.6 Å². The Morgan fingerprint density at radius 1 is 0.927 bits per heavy atom. The zero-order chi connectivity index (χ0) is 28.9. The Morgan fingerprint density at radius 2 is 1.73 bits per heavy atom. The number of rotatable bonds is 8. The van der Waals surface area contributed by atoms with E-state index in [1.165, 1.54) is 36.2 Å². The topological polar surface area (TPSA) is 109 Å². The summed E-state index contributed by atoms with van der Waals surface area (Å²) in [6, 6.07) is 23.3. The number of hydrogen-bond donors (Lipinski definition) is 2. The summed E-state index contributed by atoms with van der Waals surface area (Å²) in [6.07, 6.45) is 2.88. The highest BCUT2D eigenvalue weighted by Crippen LogP contribution is 2.36. The van der Waals surface area contributed by atoms with Crippen molar-refractivity contribution in [3.63, 3.8) is 0 Å². The first-order valence-electron chi connectivity index (χ1n) is 12.3. The average molecular weight is 606 g/mol. The number of hydrogen-bond acceptors (Lipinski definition) is 6. The van der Waals surface area contributed by atoms with Crippen molar-refractivity contribution < 1.29 is 23.6 Å². The molecule has 206 valence electrons. The lowest BCUT2D eigenvalue weighted by Crippen LogP contribution is -2.31. The normalized spacial score (nSPS) is 15.2. The maximum Gasteiger partial charge on any atom is 0.272 e. The molecule has 1 saturated heterocycles. The zero-order valence-corrected chi connectivity index (χ0v) is 23.5. The summed E-state index contributed by atoms with van der Waals surface area (Å²) in [5.74, 6) is -1.38. The summed E-state index contributed by atoms with van der Waals surface area (Å²) >= 11 is 13.3. The van der Waals surface area contributed by atoms with E-state index in [0.717, 1.165) is 4.90 Å². The highest BCUT2D eigenvalue weighted by Gasteiger charge is 2.40. The Bertz CT molecular complexity index is 1660. The fourth-order valence-corrected chi connectivity index (χ4v) is 5.46. The maximum atomic E-state index is 13.2. The minimum absolute atomic E-state index is 0.00187. The molecule has 41 heavy (non-hydrogen) atoms. The third kappa shape index (κ3) is 6.71. The Morgan fingerprint density at radius 3 is 2.46 bits per heavy atom. The highest BCUT2D eigenvalue weighted by molar-refractivity contribution is 8.00. The molecule has 0 aliphatic carbocycles. The molecular formula is C30H21Cl2N3O5S. The number of benzene rings is 3. The molecule has 11 heteroatoms. The van der Waals surface area contributed by atoms with Crippen LogP contribution >= 0.6 is 35.0 Å². The number of anilines is 2. The Hall–Kier alpha value is -4.31. The molecule has 4 aromatic rings. The van der Waals surface area contributed by atoms with Crippen LogP contribution in [-0.2, 0) is 14.4 Å². The number of nitrogens with zero attached hydrogens (tertiary/aromatic N) is 1. The molecule has 0 unspecified atom stereocenters. The van der Waals surface area contributed by atoms with Crippen molar-refractivity contribution in [1.29, 1.82) is 0 Å². The van der Waals surface area contributed by atoms with Crippen molar-refractivity contribution in [2.24, 2.45) is 0 Å². The van der Waals surface area contributed by atoms with Gasteiger partial charge in [0.1, 0.15) is 11.5 Å². The molecule has 0 saturated carbocycles. The van der Waals surface area contributed by atoms with Crippen LogP contribution in [0.1, 0.15) is 22.5 Å². The first kappa shape index (κ1) is 28.2. The largest absolute Gasteiger partial charge is 0.465 e. The van der Waals surface area contributed by atoms with Crippen molar-refractivity contribution in [1.82, 2.24) is 5.32 Å². The third-order valence-corrected chi connectivity index (χ3v) is 7.91. The zero-order valence-electron chi connectivity index (χ0n) is 21.2. The molecule has 1 atom stereocenters. The number of furan rings is 1. The molecule has 0 bridgehead atoms. The van der Waals surface area contributed by atoms with E-state index in [9.17, 15) is 19.2 Å². The van der Waals surface area contributed by atoms with Gasteiger partial charge in [0, 0.05) is 28.6 Å². The van der Waals surface area contributed by atoms with Crippen molar-refractivity contribution >= 4 is 76.0 Å². The van der Waals surface area contributed by atoms with Crippen LogP contribution in [0.25, 0.3) is 6.08 Å². The molecule has 8 nitrogen and oxygen atoms in total. The van der Waals surface area contributed by atoms with Gasteiger partial charge in [0.05, 0.1) is 27.2 Å². The lowest BCUT2D eigenvalue weighted by Gasteiger charge is -2.16. The fraction of sp³-hybridized carbons (Fsp3) is 0.0667. The number of halogens is 2. The Balaban J connectivity index is 1.30. The molecule has 1 aliphatic rings. The first-order chi connectivity index (χ1) is 19.8. The highest BCUT2D eigenvalue weighted by atomic mass is 35.5. The number of thioether (sulfide) groups is 1. The molecule has 0 radical (unpaired) electrons. The van der Waals surface area contributed by atoms with Crippen LogP contribution < -0.4 is 15.5 Å². The number of imide groups is 1. The van der Waals surface area contributed by atoms with Crippen LogP contribution in [0, 0.1) is 0 Å². The standard InChI is InChI=1S/C30H21Cl2N3O5S/c31-23-12-11-20(15-24(23)32)35-27(36)17-26(30(35)39)41-22-10-4-8-19(14-22)33-29(38)25(16-21-9-5-13-40-21)34-28(37)18-6-2-1-3-7-18/h1-16,26H,17H2,(H,33,38)(H,34,37)/b25-16-/t26-/m0/s1. The van der Waals surface area contributed by atoms with Crippen LogP contribution in [0.5, 0.6) is 0 Å². The van der Waals surface area contributed by atoms with Crippen molar-refractivity contribution in [3.05, 3.63) is 118 Å². The average Bonchev–Trinajstić information content (AvgIpc) is 3.57. The van der Waals surface area contributed by atoms with E-state index in [2.05, 4.69) is 10.6 Å². The van der Waals surface area contributed by atoms with Gasteiger partial charge >= 0.3 is 0 Å². The summed E-state index contributed by atoms with van der Waals surface area (Å²) in [7, 11) is 0. The van der Waals surface area contributed by atoms with E-state index in [1.807, 2.05) is 0 Å². The summed E-state index contributed by atoms with van der Waals surface area (Å²) in [6.45, 7) is 0. The van der Waals surface area contributed by atoms with Gasteiger partial charge in [-0.15, -0.1) is 11.8 Å². The molecule has 2 heterocycles. The number of carbonyl (C=O) groups is 4. The van der Waals surface area contributed by atoms with Gasteiger partial charge < -0.3 is 15.1 Å². The summed E-state index contributed by atoms with van der Waals surface area (Å²) in [5, 5.41) is 5.32. The molecule has 5 rings (SSSR count). The van der Waals surface area contributed by atoms with Crippen LogP contribution in [0.2, 0.25) is 10.0 Å². The monoisotopic (exact) mass is 605 g/mol. The predicted molar refractivity (Wildman–Crippen MR) is 159 cm³/mol. The molecule has 2 N–H and O–H groups in total. The fourth-order valence-electron chi connectivity index (χ4n) is 4.06. The summed E-state index contributed by atoms with van der Waals surface area (Å²) in [4.78, 5) is 53.6. The van der Waals surface area contributed by atoms with Crippen molar-refractivity contribution in [2.45, 2.75) is 16.6 Å². The minimum Gasteiger partial charge on any atom is -0.465 e. The van der Waals surface area contributed by atoms with E-state index >= 15 is 0 Å². The second kappa shape index (κ2) is 12.5. The molecule has 1 aliphatic heterocycles. The second-order valence-corrected chi connectivity index (χ2v) is 10.9. The predicted octanol–water partition coefficient (Wildman–Crippen LogP) is 6.42. The van der Waals surface area contributed by atoms with Gasteiger partial charge in [-0.1, -0.05) is 47.5 Å². The van der Waals surface area contributed by atoms with E-state index in [1.54, 1.807) is 72.8 Å². The SMILES string of the molecule is O=C(Nc1cccc(S[C@H]2CC(=O)N(c3ccc(Cl)c(Cl)c3)C2=O)c1)/C(=C/c1ccco1)NC(=O)c1ccccc1. The maximum absolute atomic E-state index is 13.2. The molecule has 4 amide bonds. The molecule has 3 aromatic carbocycles. The van der Waals surface area contributed by atoms with Gasteiger partial charge in [0.25, 0.3) is 11.8 Å². The Kier molecular flexibility index (Phi) is 8.58. The van der Waals surface area contributed by atoms with Gasteiger partial charge in [-0.25, -0.2) is 4.90 Å². The van der Waals surface area contributed by atoms with Gasteiger partial charge in [-0.2, -0.15) is 0 Å². The van der Waals surface area contributed by atoms with Crippen LogP contribution in [0.3, 0.4) is 0 Å². The third-order valence-electron chi connectivity index (χ3n) is 6.00. The summed E-state index contributed by atoms with van der Waals surface area (Å²) < 4.78 is 5.33. The number of carbonyl (C=O) groups excluding carboxylic acids is 4. The van der Waals surface area contributed by atoms with E-state index in [0.29, 0.717) is 32.6 Å². The van der Waals surface area contributed by atoms with E-state index < -0.39 is 17.1 Å². The first-order valence-corrected chi connectivity index (χ1v) is 13.9.